The molecule has 3 atom stereocenters. The molecule has 1 aliphatic carbocycles. The van der Waals surface area contributed by atoms with Gasteiger partial charge in [-0.25, -0.2) is 5.01 Å². The number of ketones is 1. The molecule has 2 aliphatic rings. The standard InChI is InChI=1S/C24H20Cl2N2O4/c1-14(21(29)15-7-3-2-4-8-15)27(24(32)19-12-11-16(25)13-20(19)26)28-22(30)17-9-5-6-10-18(17)23(28)31/h2-8,11-14,17-18H,9-10H2,1H3/t14-,17-,18+/m0/s1. The van der Waals surface area contributed by atoms with E-state index in [1.54, 1.807) is 30.3 Å². The first-order chi connectivity index (χ1) is 15.3. The molecule has 8 heteroatoms. The minimum Gasteiger partial charge on any atom is -0.292 e. The molecule has 0 aromatic heterocycles. The van der Waals surface area contributed by atoms with Gasteiger partial charge in [-0.2, -0.15) is 5.01 Å². The number of carbonyl (C=O) groups is 4. The number of halogens is 2. The van der Waals surface area contributed by atoms with E-state index in [1.807, 2.05) is 12.2 Å². The van der Waals surface area contributed by atoms with Crippen LogP contribution in [-0.2, 0) is 9.59 Å². The first-order valence-corrected chi connectivity index (χ1v) is 11.0. The van der Waals surface area contributed by atoms with Gasteiger partial charge in [-0.05, 0) is 38.0 Å². The fourth-order valence-electron chi connectivity index (χ4n) is 4.18. The minimum atomic E-state index is -1.13. The van der Waals surface area contributed by atoms with Crippen molar-refractivity contribution in [1.29, 1.82) is 0 Å². The van der Waals surface area contributed by atoms with Gasteiger partial charge in [-0.15, -0.1) is 0 Å². The quantitative estimate of drug-likeness (QED) is 0.364. The van der Waals surface area contributed by atoms with Crippen molar-refractivity contribution in [3.8, 4) is 0 Å². The van der Waals surface area contributed by atoms with E-state index in [1.165, 1.54) is 25.1 Å². The Kier molecular flexibility index (Phi) is 6.17. The number of carbonyl (C=O) groups excluding carboxylic acids is 4. The summed E-state index contributed by atoms with van der Waals surface area (Å²) in [4.78, 5) is 53.3. The summed E-state index contributed by atoms with van der Waals surface area (Å²) >= 11 is 12.2. The third-order valence-corrected chi connectivity index (χ3v) is 6.42. The van der Waals surface area contributed by atoms with Gasteiger partial charge in [-0.1, -0.05) is 65.7 Å². The highest BCUT2D eigenvalue weighted by atomic mass is 35.5. The fourth-order valence-corrected chi connectivity index (χ4v) is 4.67. The van der Waals surface area contributed by atoms with Gasteiger partial charge < -0.3 is 0 Å². The molecule has 1 saturated heterocycles. The summed E-state index contributed by atoms with van der Waals surface area (Å²) in [7, 11) is 0. The lowest BCUT2D eigenvalue weighted by molar-refractivity contribution is -0.156. The van der Waals surface area contributed by atoms with Gasteiger partial charge in [0.05, 0.1) is 22.4 Å². The number of hydrazine groups is 1. The zero-order chi connectivity index (χ0) is 23.0. The van der Waals surface area contributed by atoms with Crippen LogP contribution < -0.4 is 0 Å². The zero-order valence-corrected chi connectivity index (χ0v) is 18.7. The van der Waals surface area contributed by atoms with Crippen LogP contribution in [0.5, 0.6) is 0 Å². The van der Waals surface area contributed by atoms with E-state index in [0.717, 1.165) is 10.0 Å². The Morgan fingerprint density at radius 3 is 2.12 bits per heavy atom. The average molecular weight is 471 g/mol. The molecule has 3 amide bonds. The van der Waals surface area contributed by atoms with Crippen LogP contribution in [0.15, 0.2) is 60.7 Å². The van der Waals surface area contributed by atoms with Crippen molar-refractivity contribution in [2.75, 3.05) is 0 Å². The van der Waals surface area contributed by atoms with E-state index in [4.69, 9.17) is 23.2 Å². The van der Waals surface area contributed by atoms with Crippen molar-refractivity contribution in [3.63, 3.8) is 0 Å². The maximum Gasteiger partial charge on any atom is 0.275 e. The molecule has 1 aliphatic heterocycles. The number of amides is 3. The van der Waals surface area contributed by atoms with Gasteiger partial charge in [-0.3, -0.25) is 19.2 Å². The zero-order valence-electron chi connectivity index (χ0n) is 17.2. The number of imide groups is 1. The number of fused-ring (bicyclic) bond motifs is 1. The fraction of sp³-hybridized carbons (Fsp3) is 0.250. The molecular weight excluding hydrogens is 451 g/mol. The molecule has 6 nitrogen and oxygen atoms in total. The number of benzene rings is 2. The van der Waals surface area contributed by atoms with E-state index in [9.17, 15) is 19.2 Å². The summed E-state index contributed by atoms with van der Waals surface area (Å²) in [6.45, 7) is 1.50. The van der Waals surface area contributed by atoms with Gasteiger partial charge in [0.2, 0.25) is 0 Å². The molecule has 0 radical (unpaired) electrons. The summed E-state index contributed by atoms with van der Waals surface area (Å²) in [5.74, 6) is -3.22. The lowest BCUT2D eigenvalue weighted by Gasteiger charge is -2.35. The molecule has 0 spiro atoms. The Hall–Kier alpha value is -2.96. The van der Waals surface area contributed by atoms with E-state index in [0.29, 0.717) is 23.4 Å². The maximum atomic E-state index is 13.6. The van der Waals surface area contributed by atoms with Crippen LogP contribution in [0.25, 0.3) is 0 Å². The predicted molar refractivity (Wildman–Crippen MR) is 120 cm³/mol. The highest BCUT2D eigenvalue weighted by molar-refractivity contribution is 6.36. The van der Waals surface area contributed by atoms with Crippen molar-refractivity contribution >= 4 is 46.7 Å². The van der Waals surface area contributed by atoms with Gasteiger partial charge in [0.1, 0.15) is 6.04 Å². The first-order valence-electron chi connectivity index (χ1n) is 10.2. The largest absolute Gasteiger partial charge is 0.292 e. The Labute approximate surface area is 195 Å². The highest BCUT2D eigenvalue weighted by Crippen LogP contribution is 2.37. The molecule has 164 valence electrons. The van der Waals surface area contributed by atoms with Crippen LogP contribution in [0.4, 0.5) is 0 Å². The summed E-state index contributed by atoms with van der Waals surface area (Å²) in [6, 6.07) is 11.6. The Balaban J connectivity index is 1.78. The van der Waals surface area contributed by atoms with Crippen LogP contribution in [0.1, 0.15) is 40.5 Å². The second-order valence-electron chi connectivity index (χ2n) is 7.82. The number of rotatable bonds is 5. The van der Waals surface area contributed by atoms with Crippen molar-refractivity contribution in [3.05, 3.63) is 81.9 Å². The van der Waals surface area contributed by atoms with E-state index >= 15 is 0 Å². The molecule has 2 aromatic rings. The molecule has 0 N–H and O–H groups in total. The third kappa shape index (κ3) is 3.85. The third-order valence-electron chi connectivity index (χ3n) is 5.87. The summed E-state index contributed by atoms with van der Waals surface area (Å²) in [6.07, 6.45) is 4.54. The van der Waals surface area contributed by atoms with Gasteiger partial charge in [0, 0.05) is 10.6 Å². The highest BCUT2D eigenvalue weighted by Gasteiger charge is 2.52. The predicted octanol–water partition coefficient (Wildman–Crippen LogP) is 4.57. The van der Waals surface area contributed by atoms with E-state index < -0.39 is 41.4 Å². The smallest absolute Gasteiger partial charge is 0.275 e. The van der Waals surface area contributed by atoms with Gasteiger partial charge >= 0.3 is 0 Å². The minimum absolute atomic E-state index is 0.0392. The summed E-state index contributed by atoms with van der Waals surface area (Å²) < 4.78 is 0. The summed E-state index contributed by atoms with van der Waals surface area (Å²) in [5.41, 5.74) is 0.399. The van der Waals surface area contributed by atoms with Crippen LogP contribution >= 0.6 is 23.2 Å². The van der Waals surface area contributed by atoms with Crippen LogP contribution in [0.3, 0.4) is 0 Å². The van der Waals surface area contributed by atoms with E-state index in [2.05, 4.69) is 0 Å². The Bertz CT molecular complexity index is 1110. The lowest BCUT2D eigenvalue weighted by atomic mass is 9.85. The molecule has 0 unspecified atom stereocenters. The number of allylic oxidation sites excluding steroid dienone is 2. The molecule has 1 heterocycles. The van der Waals surface area contributed by atoms with Crippen LogP contribution in [0, 0.1) is 11.8 Å². The second-order valence-corrected chi connectivity index (χ2v) is 8.67. The average Bonchev–Trinajstić information content (AvgIpc) is 3.04. The van der Waals surface area contributed by atoms with Gasteiger partial charge in [0.25, 0.3) is 17.7 Å². The lowest BCUT2D eigenvalue weighted by Crippen LogP contribution is -2.56. The number of hydrogen-bond donors (Lipinski definition) is 0. The van der Waals surface area contributed by atoms with Crippen LogP contribution in [0.2, 0.25) is 10.0 Å². The van der Waals surface area contributed by atoms with Crippen molar-refractivity contribution in [1.82, 2.24) is 10.0 Å². The van der Waals surface area contributed by atoms with E-state index in [-0.39, 0.29) is 10.6 Å². The van der Waals surface area contributed by atoms with Crippen LogP contribution in [-0.4, -0.2) is 39.6 Å². The normalized spacial score (nSPS) is 20.8. The topological polar surface area (TPSA) is 74.8 Å². The maximum absolute atomic E-state index is 13.6. The Morgan fingerprint density at radius 2 is 1.56 bits per heavy atom. The molecule has 4 rings (SSSR count). The molecule has 1 fully saturated rings. The SMILES string of the molecule is C[C@@H](C(=O)c1ccccc1)N(C(=O)c1ccc(Cl)cc1Cl)N1C(=O)[C@H]2CC=CC[C@H]2C1=O. The molecule has 2 aromatic carbocycles. The monoisotopic (exact) mass is 470 g/mol. The number of nitrogens with zero attached hydrogens (tertiary/aromatic N) is 2. The molecule has 0 bridgehead atoms. The Morgan fingerprint density at radius 1 is 0.969 bits per heavy atom. The van der Waals surface area contributed by atoms with Gasteiger partial charge in [0.15, 0.2) is 5.78 Å². The second kappa shape index (κ2) is 8.88. The van der Waals surface area contributed by atoms with Crippen molar-refractivity contribution < 1.29 is 19.2 Å². The summed E-state index contributed by atoms with van der Waals surface area (Å²) in [5, 5.41) is 2.19. The molecule has 0 saturated carbocycles. The number of hydrogen-bond acceptors (Lipinski definition) is 4. The first kappa shape index (κ1) is 22.2. The van der Waals surface area contributed by atoms with Crippen molar-refractivity contribution in [2.45, 2.75) is 25.8 Å². The molecular formula is C24H20Cl2N2O4. The number of Topliss-reactive ketones (excluding diaryl/α,β-unsaturated/α-hetero) is 1. The molecule has 32 heavy (non-hydrogen) atoms. The van der Waals surface area contributed by atoms with Crippen molar-refractivity contribution in [2.24, 2.45) is 11.8 Å².